The molecule has 0 atom stereocenters. The smallest absolute Gasteiger partial charge is 0.304 e. The Kier molecular flexibility index (Phi) is 6.83. The number of nitrogens with zero attached hydrogens (tertiary/aromatic N) is 1. The van der Waals surface area contributed by atoms with Gasteiger partial charge in [-0.3, -0.25) is 9.69 Å². The Morgan fingerprint density at radius 3 is 2.50 bits per heavy atom. The number of aliphatic carboxylic acids is 1. The monoisotopic (exact) mass is 267 g/mol. The van der Waals surface area contributed by atoms with Gasteiger partial charge in [-0.1, -0.05) is 18.2 Å². The molecule has 0 bridgehead atoms. The third kappa shape index (κ3) is 6.07. The third-order valence-corrected chi connectivity index (χ3v) is 3.73. The molecule has 0 radical (unpaired) electrons. The second-order valence-electron chi connectivity index (χ2n) is 4.43. The first-order chi connectivity index (χ1) is 8.59. The first kappa shape index (κ1) is 15.1. The van der Waals surface area contributed by atoms with Gasteiger partial charge in [-0.2, -0.15) is 0 Å². The Balaban J connectivity index is 2.31. The number of carbonyl (C=O) groups is 1. The molecule has 0 aliphatic rings. The van der Waals surface area contributed by atoms with Gasteiger partial charge in [0.1, 0.15) is 0 Å². The van der Waals surface area contributed by atoms with Gasteiger partial charge in [-0.15, -0.1) is 11.8 Å². The van der Waals surface area contributed by atoms with E-state index < -0.39 is 5.97 Å². The van der Waals surface area contributed by atoms with Crippen LogP contribution in [0.25, 0.3) is 0 Å². The van der Waals surface area contributed by atoms with Crippen molar-refractivity contribution in [3.63, 3.8) is 0 Å². The standard InChI is InChI=1S/C14H21NO2S/c1-12(2)15(9-8-14(16)17)10-11-18-13-6-4-3-5-7-13/h3-7,12H,8-11H2,1-2H3,(H,16,17). The second-order valence-corrected chi connectivity index (χ2v) is 5.60. The minimum absolute atomic E-state index is 0.216. The number of thioether (sulfide) groups is 1. The molecule has 1 aromatic rings. The van der Waals surface area contributed by atoms with Crippen LogP contribution < -0.4 is 0 Å². The van der Waals surface area contributed by atoms with Crippen molar-refractivity contribution < 1.29 is 9.90 Å². The number of carboxylic acids is 1. The van der Waals surface area contributed by atoms with Crippen molar-refractivity contribution in [3.8, 4) is 0 Å². The van der Waals surface area contributed by atoms with Gasteiger partial charge in [-0.05, 0) is 26.0 Å². The maximum Gasteiger partial charge on any atom is 0.304 e. The van der Waals surface area contributed by atoms with Gasteiger partial charge < -0.3 is 5.11 Å². The molecule has 0 amide bonds. The van der Waals surface area contributed by atoms with Crippen molar-refractivity contribution in [1.82, 2.24) is 4.90 Å². The normalized spacial score (nSPS) is 11.1. The maximum absolute atomic E-state index is 10.6. The first-order valence-corrected chi connectivity index (χ1v) is 7.22. The lowest BCUT2D eigenvalue weighted by Crippen LogP contribution is -2.34. The predicted molar refractivity (Wildman–Crippen MR) is 76.1 cm³/mol. The largest absolute Gasteiger partial charge is 0.481 e. The van der Waals surface area contributed by atoms with Crippen LogP contribution in [0, 0.1) is 0 Å². The van der Waals surface area contributed by atoms with E-state index in [1.165, 1.54) is 4.90 Å². The fraction of sp³-hybridized carbons (Fsp3) is 0.500. The molecule has 100 valence electrons. The van der Waals surface area contributed by atoms with Crippen molar-refractivity contribution in [2.24, 2.45) is 0 Å². The van der Waals surface area contributed by atoms with Crippen LogP contribution in [-0.2, 0) is 4.79 Å². The van der Waals surface area contributed by atoms with Crippen molar-refractivity contribution in [3.05, 3.63) is 30.3 Å². The predicted octanol–water partition coefficient (Wildman–Crippen LogP) is 2.96. The quantitative estimate of drug-likeness (QED) is 0.735. The Morgan fingerprint density at radius 1 is 1.28 bits per heavy atom. The van der Waals surface area contributed by atoms with E-state index in [2.05, 4.69) is 30.9 Å². The molecule has 1 N–H and O–H groups in total. The van der Waals surface area contributed by atoms with E-state index in [1.807, 2.05) is 30.0 Å². The van der Waals surface area contributed by atoms with Crippen LogP contribution in [0.4, 0.5) is 0 Å². The van der Waals surface area contributed by atoms with E-state index in [0.717, 1.165) is 12.3 Å². The highest BCUT2D eigenvalue weighted by Gasteiger charge is 2.10. The van der Waals surface area contributed by atoms with Crippen LogP contribution >= 0.6 is 11.8 Å². The summed E-state index contributed by atoms with van der Waals surface area (Å²) in [4.78, 5) is 14.1. The molecular formula is C14H21NO2S. The number of rotatable bonds is 8. The van der Waals surface area contributed by atoms with Crippen LogP contribution in [-0.4, -0.2) is 40.9 Å². The lowest BCUT2D eigenvalue weighted by molar-refractivity contribution is -0.137. The lowest BCUT2D eigenvalue weighted by atomic mass is 10.3. The SMILES string of the molecule is CC(C)N(CCSc1ccccc1)CCC(=O)O. The maximum atomic E-state index is 10.6. The average molecular weight is 267 g/mol. The molecule has 18 heavy (non-hydrogen) atoms. The molecule has 0 heterocycles. The number of hydrogen-bond acceptors (Lipinski definition) is 3. The molecule has 0 saturated carbocycles. The number of hydrogen-bond donors (Lipinski definition) is 1. The number of benzene rings is 1. The summed E-state index contributed by atoms with van der Waals surface area (Å²) < 4.78 is 0. The van der Waals surface area contributed by atoms with E-state index in [0.29, 0.717) is 12.6 Å². The van der Waals surface area contributed by atoms with Crippen molar-refractivity contribution in [1.29, 1.82) is 0 Å². The van der Waals surface area contributed by atoms with Gasteiger partial charge in [0.15, 0.2) is 0 Å². The first-order valence-electron chi connectivity index (χ1n) is 6.23. The molecule has 1 aromatic carbocycles. The fourth-order valence-electron chi connectivity index (χ4n) is 1.66. The summed E-state index contributed by atoms with van der Waals surface area (Å²) in [6.45, 7) is 5.76. The van der Waals surface area contributed by atoms with Gasteiger partial charge in [0.25, 0.3) is 0 Å². The summed E-state index contributed by atoms with van der Waals surface area (Å²) in [5, 5.41) is 8.72. The van der Waals surface area contributed by atoms with Crippen LogP contribution in [0.2, 0.25) is 0 Å². The molecule has 0 aliphatic carbocycles. The van der Waals surface area contributed by atoms with Crippen LogP contribution in [0.15, 0.2) is 35.2 Å². The lowest BCUT2D eigenvalue weighted by Gasteiger charge is -2.25. The van der Waals surface area contributed by atoms with Crippen LogP contribution in [0.1, 0.15) is 20.3 Å². The summed E-state index contributed by atoms with van der Waals surface area (Å²) in [5.41, 5.74) is 0. The Labute approximate surface area is 113 Å². The molecular weight excluding hydrogens is 246 g/mol. The highest BCUT2D eigenvalue weighted by atomic mass is 32.2. The van der Waals surface area contributed by atoms with Gasteiger partial charge >= 0.3 is 5.97 Å². The Hall–Kier alpha value is -1.00. The molecule has 0 fully saturated rings. The topological polar surface area (TPSA) is 40.5 Å². The number of carboxylic acid groups (broad SMARTS) is 1. The summed E-state index contributed by atoms with van der Waals surface area (Å²) >= 11 is 1.81. The van der Waals surface area contributed by atoms with Crippen LogP contribution in [0.3, 0.4) is 0 Å². The molecule has 0 saturated heterocycles. The zero-order chi connectivity index (χ0) is 13.4. The highest BCUT2D eigenvalue weighted by Crippen LogP contribution is 2.17. The highest BCUT2D eigenvalue weighted by molar-refractivity contribution is 7.99. The molecule has 4 heteroatoms. The molecule has 0 aliphatic heterocycles. The van der Waals surface area contributed by atoms with Crippen molar-refractivity contribution in [2.75, 3.05) is 18.8 Å². The summed E-state index contributed by atoms with van der Waals surface area (Å²) in [6, 6.07) is 10.7. The fourth-order valence-corrected chi connectivity index (χ4v) is 2.58. The zero-order valence-electron chi connectivity index (χ0n) is 11.0. The van der Waals surface area contributed by atoms with E-state index in [9.17, 15) is 4.79 Å². The summed E-state index contributed by atoms with van der Waals surface area (Å²) in [6.07, 6.45) is 0.216. The molecule has 0 spiro atoms. The Morgan fingerprint density at radius 2 is 1.94 bits per heavy atom. The average Bonchev–Trinajstić information content (AvgIpc) is 2.34. The third-order valence-electron chi connectivity index (χ3n) is 2.73. The van der Waals surface area contributed by atoms with Gasteiger partial charge in [-0.25, -0.2) is 0 Å². The van der Waals surface area contributed by atoms with E-state index in [-0.39, 0.29) is 6.42 Å². The van der Waals surface area contributed by atoms with Gasteiger partial charge in [0.2, 0.25) is 0 Å². The van der Waals surface area contributed by atoms with Gasteiger partial charge in [0, 0.05) is 29.8 Å². The second kappa shape index (κ2) is 8.16. The molecule has 0 aromatic heterocycles. The summed E-state index contributed by atoms with van der Waals surface area (Å²) in [5.74, 6) is 0.262. The van der Waals surface area contributed by atoms with Gasteiger partial charge in [0.05, 0.1) is 6.42 Å². The Bertz CT molecular complexity index is 354. The van der Waals surface area contributed by atoms with E-state index >= 15 is 0 Å². The van der Waals surface area contributed by atoms with Crippen molar-refractivity contribution >= 4 is 17.7 Å². The zero-order valence-corrected chi connectivity index (χ0v) is 11.8. The minimum Gasteiger partial charge on any atom is -0.481 e. The van der Waals surface area contributed by atoms with E-state index in [4.69, 9.17) is 5.11 Å². The minimum atomic E-state index is -0.726. The van der Waals surface area contributed by atoms with E-state index in [1.54, 1.807) is 0 Å². The summed E-state index contributed by atoms with van der Waals surface area (Å²) in [7, 11) is 0. The van der Waals surface area contributed by atoms with Crippen LogP contribution in [0.5, 0.6) is 0 Å². The van der Waals surface area contributed by atoms with Crippen molar-refractivity contribution in [2.45, 2.75) is 31.2 Å². The molecule has 3 nitrogen and oxygen atoms in total. The molecule has 1 rings (SSSR count). The molecule has 0 unspecified atom stereocenters.